The van der Waals surface area contributed by atoms with E-state index in [-0.39, 0.29) is 0 Å². The Morgan fingerprint density at radius 2 is 1.51 bits per heavy atom. The first-order valence-electron chi connectivity index (χ1n) is 13.5. The van der Waals surface area contributed by atoms with Gasteiger partial charge in [-0.15, -0.1) is 0 Å². The summed E-state index contributed by atoms with van der Waals surface area (Å²) in [7, 11) is 4.18. The highest BCUT2D eigenvalue weighted by Gasteiger charge is 2.18. The maximum Gasteiger partial charge on any atom is 0.191 e. The molecule has 4 N–H and O–H groups in total. The summed E-state index contributed by atoms with van der Waals surface area (Å²) >= 11 is 12.7. The smallest absolute Gasteiger partial charge is 0.191 e. The number of hydrogen-bond donors (Lipinski definition) is 4. The number of aliphatic imine (C=N–C) groups is 1. The molecule has 0 amide bonds. The van der Waals surface area contributed by atoms with E-state index in [4.69, 9.17) is 32.9 Å². The molecule has 0 bridgehead atoms. The first kappa shape index (κ1) is 27.4. The topological polar surface area (TPSA) is 80.5 Å². The average molecular weight is 568 g/mol. The summed E-state index contributed by atoms with van der Waals surface area (Å²) in [6.45, 7) is 7.33. The fraction of sp³-hybridized carbons (Fsp3) is 0.367. The third-order valence-corrected chi connectivity index (χ3v) is 7.13. The number of benzene rings is 3. The van der Waals surface area contributed by atoms with Crippen LogP contribution in [0, 0.1) is 0 Å². The lowest BCUT2D eigenvalue weighted by molar-refractivity contribution is 0.319. The van der Waals surface area contributed by atoms with E-state index >= 15 is 0 Å². The molecule has 0 aliphatic heterocycles. The molecule has 7 nitrogen and oxygen atoms in total. The monoisotopic (exact) mass is 566 g/mol. The lowest BCUT2D eigenvalue weighted by Crippen LogP contribution is -2.42. The second-order valence-electron chi connectivity index (χ2n) is 10.5. The SMILES string of the molecule is CC(C)NC(=NCCCOc1c2[nH]c3ccc(Cl)cc3c2cc2c1[nH]c1ccc(Cl)cc12)NCCCN(C)C. The number of fused-ring (bicyclic) bond motifs is 6. The van der Waals surface area contributed by atoms with Crippen molar-refractivity contribution in [3.05, 3.63) is 52.5 Å². The molecular weight excluding hydrogens is 531 g/mol. The summed E-state index contributed by atoms with van der Waals surface area (Å²) in [6.07, 6.45) is 1.83. The van der Waals surface area contributed by atoms with Gasteiger partial charge in [0.15, 0.2) is 11.7 Å². The summed E-state index contributed by atoms with van der Waals surface area (Å²) in [4.78, 5) is 14.1. The molecule has 0 aliphatic carbocycles. The largest absolute Gasteiger partial charge is 0.489 e. The first-order valence-corrected chi connectivity index (χ1v) is 14.2. The second-order valence-corrected chi connectivity index (χ2v) is 11.4. The van der Waals surface area contributed by atoms with Gasteiger partial charge in [-0.05, 0) is 83.4 Å². The zero-order valence-electron chi connectivity index (χ0n) is 22.9. The molecule has 5 rings (SSSR count). The van der Waals surface area contributed by atoms with Crippen LogP contribution in [0.15, 0.2) is 47.5 Å². The summed E-state index contributed by atoms with van der Waals surface area (Å²) in [6, 6.07) is 14.3. The van der Waals surface area contributed by atoms with Crippen LogP contribution in [0.25, 0.3) is 43.6 Å². The molecule has 2 aromatic heterocycles. The van der Waals surface area contributed by atoms with Crippen LogP contribution in [0.5, 0.6) is 5.75 Å². The predicted molar refractivity (Wildman–Crippen MR) is 167 cm³/mol. The van der Waals surface area contributed by atoms with Crippen molar-refractivity contribution >= 4 is 72.8 Å². The first-order chi connectivity index (χ1) is 18.8. The van der Waals surface area contributed by atoms with E-state index in [1.807, 2.05) is 36.4 Å². The van der Waals surface area contributed by atoms with Gasteiger partial charge in [0.1, 0.15) is 0 Å². The van der Waals surface area contributed by atoms with Gasteiger partial charge in [0, 0.05) is 68.2 Å². The molecule has 2 heterocycles. The van der Waals surface area contributed by atoms with Crippen molar-refractivity contribution in [3.63, 3.8) is 0 Å². The van der Waals surface area contributed by atoms with Crippen LogP contribution in [0.1, 0.15) is 26.7 Å². The van der Waals surface area contributed by atoms with Crippen LogP contribution in [0.3, 0.4) is 0 Å². The van der Waals surface area contributed by atoms with Gasteiger partial charge in [0.2, 0.25) is 0 Å². The van der Waals surface area contributed by atoms with Gasteiger partial charge in [-0.25, -0.2) is 0 Å². The lowest BCUT2D eigenvalue weighted by Gasteiger charge is -2.16. The predicted octanol–water partition coefficient (Wildman–Crippen LogP) is 6.93. The Hall–Kier alpha value is -3.13. The molecule has 0 unspecified atom stereocenters. The Labute approximate surface area is 238 Å². The standard InChI is InChI=1S/C30H36Cl2N6O/c1-18(2)35-30(33-11-5-13-38(3)4)34-12-6-14-39-29-27-23(21-15-19(31)7-9-25(21)36-27)17-24-22-16-20(32)8-10-26(22)37-28(24)29/h7-10,15-18,36-37H,5-6,11-14H2,1-4H3,(H2,33,34,35). The molecule has 5 aromatic rings. The number of aromatic amines is 2. The Morgan fingerprint density at radius 3 is 2.08 bits per heavy atom. The van der Waals surface area contributed by atoms with Gasteiger partial charge >= 0.3 is 0 Å². The lowest BCUT2D eigenvalue weighted by atomic mass is 10.1. The van der Waals surface area contributed by atoms with Crippen LogP contribution in [0.4, 0.5) is 0 Å². The highest BCUT2D eigenvalue weighted by Crippen LogP contribution is 2.41. The molecule has 0 saturated heterocycles. The fourth-order valence-corrected chi connectivity index (χ4v) is 5.24. The molecule has 206 valence electrons. The van der Waals surface area contributed by atoms with Gasteiger partial charge < -0.3 is 30.2 Å². The quantitative estimate of drug-likeness (QED) is 0.0839. The number of rotatable bonds is 10. The number of aromatic nitrogens is 2. The molecule has 9 heteroatoms. The summed E-state index contributed by atoms with van der Waals surface area (Å²) < 4.78 is 6.50. The third kappa shape index (κ3) is 6.21. The van der Waals surface area contributed by atoms with Gasteiger partial charge in [-0.1, -0.05) is 23.2 Å². The Bertz CT molecular complexity index is 1540. The third-order valence-electron chi connectivity index (χ3n) is 6.66. The number of guanidine groups is 1. The summed E-state index contributed by atoms with van der Waals surface area (Å²) in [5, 5.41) is 12.5. The van der Waals surface area contributed by atoms with E-state index < -0.39 is 0 Å². The number of nitrogens with one attached hydrogen (secondary N) is 4. The number of halogens is 2. The summed E-state index contributed by atoms with van der Waals surface area (Å²) in [5.41, 5.74) is 3.93. The fourth-order valence-electron chi connectivity index (χ4n) is 4.90. The summed E-state index contributed by atoms with van der Waals surface area (Å²) in [5.74, 6) is 1.64. The maximum absolute atomic E-state index is 6.50. The Balaban J connectivity index is 1.40. The van der Waals surface area contributed by atoms with E-state index in [0.717, 1.165) is 81.3 Å². The average Bonchev–Trinajstić information content (AvgIpc) is 3.43. The Morgan fingerprint density at radius 1 is 0.897 bits per heavy atom. The molecule has 0 radical (unpaired) electrons. The zero-order valence-corrected chi connectivity index (χ0v) is 24.4. The molecule has 3 aromatic carbocycles. The maximum atomic E-state index is 6.50. The van der Waals surface area contributed by atoms with Crippen LogP contribution in [-0.4, -0.2) is 67.2 Å². The van der Waals surface area contributed by atoms with Crippen LogP contribution >= 0.6 is 23.2 Å². The number of ether oxygens (including phenoxy) is 1. The number of H-pyrrole nitrogens is 2. The molecule has 0 fully saturated rings. The second kappa shape index (κ2) is 11.9. The highest BCUT2D eigenvalue weighted by molar-refractivity contribution is 6.33. The molecule has 0 atom stereocenters. The van der Waals surface area contributed by atoms with Crippen molar-refractivity contribution in [1.82, 2.24) is 25.5 Å². The van der Waals surface area contributed by atoms with Crippen LogP contribution in [0.2, 0.25) is 10.0 Å². The minimum Gasteiger partial charge on any atom is -0.489 e. The molecular formula is C30H36Cl2N6O. The minimum absolute atomic E-state index is 0.304. The van der Waals surface area contributed by atoms with Crippen molar-refractivity contribution in [2.45, 2.75) is 32.7 Å². The van der Waals surface area contributed by atoms with Crippen LogP contribution in [-0.2, 0) is 0 Å². The van der Waals surface area contributed by atoms with E-state index in [2.05, 4.69) is 59.5 Å². The van der Waals surface area contributed by atoms with Crippen molar-refractivity contribution in [2.75, 3.05) is 40.3 Å². The molecule has 0 spiro atoms. The zero-order chi connectivity index (χ0) is 27.5. The van der Waals surface area contributed by atoms with Crippen LogP contribution < -0.4 is 15.4 Å². The van der Waals surface area contributed by atoms with E-state index in [1.165, 1.54) is 0 Å². The van der Waals surface area contributed by atoms with Crippen molar-refractivity contribution in [1.29, 1.82) is 0 Å². The molecule has 0 saturated carbocycles. The van der Waals surface area contributed by atoms with E-state index in [1.54, 1.807) is 0 Å². The van der Waals surface area contributed by atoms with Gasteiger partial charge in [0.05, 0.1) is 17.6 Å². The van der Waals surface area contributed by atoms with Gasteiger partial charge in [0.25, 0.3) is 0 Å². The number of nitrogens with zero attached hydrogens (tertiary/aromatic N) is 2. The van der Waals surface area contributed by atoms with E-state index in [0.29, 0.717) is 29.2 Å². The Kier molecular flexibility index (Phi) is 8.40. The van der Waals surface area contributed by atoms with Crippen molar-refractivity contribution in [3.8, 4) is 5.75 Å². The van der Waals surface area contributed by atoms with Crippen molar-refractivity contribution in [2.24, 2.45) is 4.99 Å². The highest BCUT2D eigenvalue weighted by atomic mass is 35.5. The molecule has 39 heavy (non-hydrogen) atoms. The number of hydrogen-bond acceptors (Lipinski definition) is 3. The van der Waals surface area contributed by atoms with E-state index in [9.17, 15) is 0 Å². The normalized spacial score (nSPS) is 12.6. The van der Waals surface area contributed by atoms with Gasteiger partial charge in [-0.2, -0.15) is 0 Å². The molecule has 0 aliphatic rings. The van der Waals surface area contributed by atoms with Gasteiger partial charge in [-0.3, -0.25) is 4.99 Å². The van der Waals surface area contributed by atoms with Crippen molar-refractivity contribution < 1.29 is 4.74 Å². The minimum atomic E-state index is 0.304.